The number of carboxylic acid groups (broad SMARTS) is 1. The van der Waals surface area contributed by atoms with Gasteiger partial charge in [0.05, 0.1) is 14.5 Å². The van der Waals surface area contributed by atoms with Crippen LogP contribution in [0.4, 0.5) is 0 Å². The Hall–Kier alpha value is -0.333. The van der Waals surface area contributed by atoms with Crippen LogP contribution in [0.25, 0.3) is 0 Å². The molecule has 0 heterocycles. The summed E-state index contributed by atoms with van der Waals surface area (Å²) in [5.74, 6) is -0.281. The monoisotopic (exact) mass is 408 g/mol. The first-order valence-electron chi connectivity index (χ1n) is 5.87. The fourth-order valence-corrected chi connectivity index (χ4v) is 3.87. The predicted octanol–water partition coefficient (Wildman–Crippen LogP) is 5.29. The van der Waals surface area contributed by atoms with Gasteiger partial charge in [-0.15, -0.1) is 0 Å². The highest BCUT2D eigenvalue weighted by molar-refractivity contribution is 9.11. The third-order valence-electron chi connectivity index (χ3n) is 3.41. The maximum Gasteiger partial charge on any atom is 0.335 e. The van der Waals surface area contributed by atoms with E-state index in [9.17, 15) is 4.79 Å². The molecule has 0 spiro atoms. The van der Waals surface area contributed by atoms with E-state index in [1.165, 1.54) is 0 Å². The molecule has 0 aliphatic heterocycles. The van der Waals surface area contributed by atoms with E-state index in [-0.39, 0.29) is 10.6 Å². The molecular weight excluding hydrogens is 392 g/mol. The van der Waals surface area contributed by atoms with Crippen LogP contribution in [-0.2, 0) is 0 Å². The van der Waals surface area contributed by atoms with Crippen LogP contribution in [0.5, 0.6) is 5.75 Å². The Morgan fingerprint density at radius 3 is 1.95 bits per heavy atom. The minimum atomic E-state index is -1.96. The zero-order chi connectivity index (χ0) is 15.0. The van der Waals surface area contributed by atoms with Crippen LogP contribution in [-0.4, -0.2) is 19.4 Å². The molecule has 0 saturated heterocycles. The summed E-state index contributed by atoms with van der Waals surface area (Å²) in [5.41, 5.74) is 0.223. The highest BCUT2D eigenvalue weighted by Gasteiger charge is 2.39. The van der Waals surface area contributed by atoms with Crippen molar-refractivity contribution in [1.82, 2.24) is 0 Å². The first-order chi connectivity index (χ1) is 8.45. The first-order valence-corrected chi connectivity index (χ1v) is 10.4. The van der Waals surface area contributed by atoms with Crippen molar-refractivity contribution in [3.05, 3.63) is 26.6 Å². The molecule has 0 bridgehead atoms. The maximum absolute atomic E-state index is 11.0. The molecule has 1 aromatic carbocycles. The molecule has 0 atom stereocenters. The van der Waals surface area contributed by atoms with Gasteiger partial charge in [-0.25, -0.2) is 4.79 Å². The number of carboxylic acids is 1. The van der Waals surface area contributed by atoms with Gasteiger partial charge in [-0.3, -0.25) is 0 Å². The lowest BCUT2D eigenvalue weighted by Crippen LogP contribution is -2.44. The molecule has 0 aliphatic carbocycles. The second-order valence-corrected chi connectivity index (χ2v) is 12.4. The summed E-state index contributed by atoms with van der Waals surface area (Å²) in [7, 11) is -1.96. The maximum atomic E-state index is 11.0. The summed E-state index contributed by atoms with van der Waals surface area (Å²) in [5, 5.41) is 9.09. The third kappa shape index (κ3) is 3.83. The second-order valence-electron chi connectivity index (χ2n) is 5.94. The van der Waals surface area contributed by atoms with Gasteiger partial charge >= 0.3 is 5.97 Å². The molecule has 0 aliphatic rings. The smallest absolute Gasteiger partial charge is 0.335 e. The number of hydrogen-bond donors (Lipinski definition) is 1. The fraction of sp³-hybridized carbons (Fsp3) is 0.462. The lowest BCUT2D eigenvalue weighted by molar-refractivity contribution is 0.0696. The number of rotatable bonds is 3. The zero-order valence-corrected chi connectivity index (χ0v) is 15.8. The predicted molar refractivity (Wildman–Crippen MR) is 86.6 cm³/mol. The van der Waals surface area contributed by atoms with E-state index >= 15 is 0 Å². The van der Waals surface area contributed by atoms with Crippen molar-refractivity contribution in [1.29, 1.82) is 0 Å². The van der Waals surface area contributed by atoms with Gasteiger partial charge in [0.25, 0.3) is 8.32 Å². The standard InChI is InChI=1S/C13H18Br2O3Si/c1-13(2,3)19(4,5)18-11-9(14)6-8(12(16)17)7-10(11)15/h6-7H,1-5H3,(H,16,17). The SMILES string of the molecule is CC(C)(C)[Si](C)(C)Oc1c(Br)cc(C(=O)O)cc1Br. The molecule has 0 fully saturated rings. The fourth-order valence-electron chi connectivity index (χ4n) is 1.19. The molecule has 0 radical (unpaired) electrons. The second kappa shape index (κ2) is 5.58. The van der Waals surface area contributed by atoms with Crippen molar-refractivity contribution in [2.75, 3.05) is 0 Å². The largest absolute Gasteiger partial charge is 0.542 e. The zero-order valence-electron chi connectivity index (χ0n) is 11.7. The summed E-state index contributed by atoms with van der Waals surface area (Å²) in [6, 6.07) is 3.13. The molecule has 6 heteroatoms. The van der Waals surface area contributed by atoms with Gasteiger partial charge in [-0.1, -0.05) is 20.8 Å². The average molecular weight is 410 g/mol. The summed E-state index contributed by atoms with van der Waals surface area (Å²) in [6.45, 7) is 10.8. The Morgan fingerprint density at radius 2 is 1.63 bits per heavy atom. The van der Waals surface area contributed by atoms with Gasteiger partial charge in [0, 0.05) is 0 Å². The first kappa shape index (κ1) is 16.7. The van der Waals surface area contributed by atoms with Crippen LogP contribution in [0.3, 0.4) is 0 Å². The summed E-state index contributed by atoms with van der Waals surface area (Å²) in [4.78, 5) is 11.0. The summed E-state index contributed by atoms with van der Waals surface area (Å²) >= 11 is 6.78. The molecule has 106 valence electrons. The van der Waals surface area contributed by atoms with E-state index in [2.05, 4.69) is 65.7 Å². The van der Waals surface area contributed by atoms with E-state index in [0.29, 0.717) is 14.7 Å². The van der Waals surface area contributed by atoms with Crippen LogP contribution >= 0.6 is 31.9 Å². The molecule has 1 N–H and O–H groups in total. The molecule has 0 amide bonds. The molecule has 1 aromatic rings. The Bertz CT molecular complexity index is 484. The van der Waals surface area contributed by atoms with Crippen LogP contribution in [0.2, 0.25) is 18.1 Å². The van der Waals surface area contributed by atoms with Gasteiger partial charge in [0.15, 0.2) is 0 Å². The highest BCUT2D eigenvalue weighted by atomic mass is 79.9. The van der Waals surface area contributed by atoms with Crippen molar-refractivity contribution < 1.29 is 14.3 Å². The highest BCUT2D eigenvalue weighted by Crippen LogP contribution is 2.42. The molecule has 0 saturated carbocycles. The molecule has 19 heavy (non-hydrogen) atoms. The van der Waals surface area contributed by atoms with Crippen LogP contribution in [0, 0.1) is 0 Å². The Balaban J connectivity index is 3.20. The molecule has 0 aromatic heterocycles. The third-order valence-corrected chi connectivity index (χ3v) is 8.91. The molecule has 0 unspecified atom stereocenters. The minimum Gasteiger partial charge on any atom is -0.542 e. The average Bonchev–Trinajstić information content (AvgIpc) is 2.21. The van der Waals surface area contributed by atoms with Gasteiger partial charge in [-0.05, 0) is 62.1 Å². The normalized spacial score (nSPS) is 12.4. The Kier molecular flexibility index (Phi) is 4.91. The van der Waals surface area contributed by atoms with Gasteiger partial charge < -0.3 is 9.53 Å². The van der Waals surface area contributed by atoms with Crippen LogP contribution < -0.4 is 4.43 Å². The van der Waals surface area contributed by atoms with Crippen LogP contribution in [0.1, 0.15) is 31.1 Å². The summed E-state index contributed by atoms with van der Waals surface area (Å²) < 4.78 is 7.53. The van der Waals surface area contributed by atoms with Gasteiger partial charge in [0.2, 0.25) is 0 Å². The van der Waals surface area contributed by atoms with E-state index in [0.717, 1.165) is 0 Å². The lowest BCUT2D eigenvalue weighted by Gasteiger charge is -2.37. The van der Waals surface area contributed by atoms with Gasteiger partial charge in [-0.2, -0.15) is 0 Å². The number of benzene rings is 1. The van der Waals surface area contributed by atoms with E-state index < -0.39 is 14.3 Å². The number of carbonyl (C=O) groups is 1. The van der Waals surface area contributed by atoms with Crippen molar-refractivity contribution in [3.63, 3.8) is 0 Å². The topological polar surface area (TPSA) is 46.5 Å². The Morgan fingerprint density at radius 1 is 1.21 bits per heavy atom. The van der Waals surface area contributed by atoms with Crippen molar-refractivity contribution in [2.24, 2.45) is 0 Å². The summed E-state index contributed by atoms with van der Waals surface area (Å²) in [6.07, 6.45) is 0. The number of halogens is 2. The van der Waals surface area contributed by atoms with E-state index in [1.807, 2.05) is 0 Å². The van der Waals surface area contributed by atoms with Crippen LogP contribution in [0.15, 0.2) is 21.1 Å². The van der Waals surface area contributed by atoms with Gasteiger partial charge in [0.1, 0.15) is 5.75 Å². The lowest BCUT2D eigenvalue weighted by atomic mass is 10.2. The quantitative estimate of drug-likeness (QED) is 0.689. The molecule has 3 nitrogen and oxygen atoms in total. The molecule has 1 rings (SSSR count). The Labute approximate surface area is 131 Å². The number of hydrogen-bond acceptors (Lipinski definition) is 2. The minimum absolute atomic E-state index is 0.0807. The van der Waals surface area contributed by atoms with E-state index in [4.69, 9.17) is 9.53 Å². The van der Waals surface area contributed by atoms with Crippen molar-refractivity contribution in [2.45, 2.75) is 38.9 Å². The van der Waals surface area contributed by atoms with E-state index in [1.54, 1.807) is 12.1 Å². The molecular formula is C13H18Br2O3Si. The van der Waals surface area contributed by atoms with Crippen molar-refractivity contribution >= 4 is 46.1 Å². The van der Waals surface area contributed by atoms with Crippen molar-refractivity contribution in [3.8, 4) is 5.75 Å². The number of aromatic carboxylic acids is 1.